The predicted octanol–water partition coefficient (Wildman–Crippen LogP) is 2.39. The van der Waals surface area contributed by atoms with E-state index in [0.29, 0.717) is 30.0 Å². The van der Waals surface area contributed by atoms with Gasteiger partial charge in [-0.2, -0.15) is 9.78 Å². The summed E-state index contributed by atoms with van der Waals surface area (Å²) in [5.74, 6) is 1.29. The van der Waals surface area contributed by atoms with E-state index >= 15 is 0 Å². The van der Waals surface area contributed by atoms with Crippen molar-refractivity contribution in [2.45, 2.75) is 53.4 Å². The molecular weight excluding hydrogens is 360 g/mol. The molecule has 0 aromatic carbocycles. The summed E-state index contributed by atoms with van der Waals surface area (Å²) in [6.07, 6.45) is 2.36. The van der Waals surface area contributed by atoms with Crippen molar-refractivity contribution in [3.05, 3.63) is 50.9 Å². The zero-order valence-corrected chi connectivity index (χ0v) is 16.5. The minimum absolute atomic E-state index is 0.173. The van der Waals surface area contributed by atoms with Gasteiger partial charge in [-0.1, -0.05) is 18.5 Å². The Morgan fingerprint density at radius 1 is 1.25 bits per heavy atom. The number of aromatic nitrogens is 5. The first-order valence-corrected chi connectivity index (χ1v) is 9.26. The van der Waals surface area contributed by atoms with Crippen molar-refractivity contribution < 1.29 is 9.32 Å². The summed E-state index contributed by atoms with van der Waals surface area (Å²) in [5, 5.41) is 11.1. The van der Waals surface area contributed by atoms with Gasteiger partial charge in [0.1, 0.15) is 11.6 Å². The lowest BCUT2D eigenvalue weighted by Crippen LogP contribution is -2.19. The monoisotopic (exact) mass is 384 g/mol. The van der Waals surface area contributed by atoms with E-state index in [1.165, 1.54) is 10.7 Å². The lowest BCUT2D eigenvalue weighted by atomic mass is 10.1. The number of amides is 1. The van der Waals surface area contributed by atoms with Gasteiger partial charge in [-0.25, -0.2) is 4.98 Å². The first-order valence-electron chi connectivity index (χ1n) is 9.26. The van der Waals surface area contributed by atoms with Crippen LogP contribution in [0.1, 0.15) is 48.2 Å². The summed E-state index contributed by atoms with van der Waals surface area (Å²) in [7, 11) is 0. The van der Waals surface area contributed by atoms with E-state index < -0.39 is 0 Å². The zero-order valence-electron chi connectivity index (χ0n) is 16.5. The van der Waals surface area contributed by atoms with Gasteiger partial charge in [0.05, 0.1) is 11.4 Å². The van der Waals surface area contributed by atoms with Gasteiger partial charge in [-0.3, -0.25) is 14.6 Å². The van der Waals surface area contributed by atoms with Crippen molar-refractivity contribution in [3.8, 4) is 5.95 Å². The molecular formula is C19H24N6O3. The third-order valence-corrected chi connectivity index (χ3v) is 4.37. The molecule has 0 atom stereocenters. The van der Waals surface area contributed by atoms with Crippen LogP contribution in [0.4, 0.5) is 5.82 Å². The highest BCUT2D eigenvalue weighted by atomic mass is 16.5. The van der Waals surface area contributed by atoms with Crippen LogP contribution in [-0.2, 0) is 17.6 Å². The number of nitrogens with zero attached hydrogens (tertiary/aromatic N) is 4. The van der Waals surface area contributed by atoms with Gasteiger partial charge in [0.15, 0.2) is 0 Å². The van der Waals surface area contributed by atoms with Crippen LogP contribution in [0, 0.1) is 20.8 Å². The molecule has 0 bridgehead atoms. The first-order chi connectivity index (χ1) is 13.4. The van der Waals surface area contributed by atoms with Crippen molar-refractivity contribution in [3.63, 3.8) is 0 Å². The van der Waals surface area contributed by atoms with E-state index in [9.17, 15) is 9.59 Å². The maximum absolute atomic E-state index is 12.5. The summed E-state index contributed by atoms with van der Waals surface area (Å²) in [4.78, 5) is 31.6. The Morgan fingerprint density at radius 2 is 2.04 bits per heavy atom. The largest absolute Gasteiger partial charge is 0.361 e. The van der Waals surface area contributed by atoms with Gasteiger partial charge in [0.2, 0.25) is 11.9 Å². The molecule has 1 amide bonds. The first kappa shape index (κ1) is 19.5. The minimum Gasteiger partial charge on any atom is -0.361 e. The Balaban J connectivity index is 1.79. The predicted molar refractivity (Wildman–Crippen MR) is 104 cm³/mol. The number of carbonyl (C=O) groups excluding carboxylic acids is 1. The van der Waals surface area contributed by atoms with Crippen molar-refractivity contribution in [2.75, 3.05) is 5.32 Å². The van der Waals surface area contributed by atoms with Crippen LogP contribution in [0.2, 0.25) is 0 Å². The van der Waals surface area contributed by atoms with Crippen LogP contribution in [0.5, 0.6) is 0 Å². The molecule has 2 N–H and O–H groups in total. The number of hydrogen-bond donors (Lipinski definition) is 2. The second kappa shape index (κ2) is 8.20. The number of anilines is 1. The second-order valence-electron chi connectivity index (χ2n) is 6.74. The molecule has 3 aromatic heterocycles. The van der Waals surface area contributed by atoms with Gasteiger partial charge in [0, 0.05) is 29.8 Å². The topological polar surface area (TPSA) is 119 Å². The highest BCUT2D eigenvalue weighted by molar-refractivity contribution is 5.90. The molecule has 0 spiro atoms. The highest BCUT2D eigenvalue weighted by Crippen LogP contribution is 2.17. The van der Waals surface area contributed by atoms with Crippen molar-refractivity contribution in [1.82, 2.24) is 24.9 Å². The number of carbonyl (C=O) groups is 1. The Bertz CT molecular complexity index is 1030. The molecule has 28 heavy (non-hydrogen) atoms. The standard InChI is InChI=1S/C19H24N6O3/c1-5-6-14-10-18(27)22-19(20-14)25-16(9-11(2)23-25)21-17(26)8-7-15-12(3)24-28-13(15)4/h9-10H,5-8H2,1-4H3,(H,21,26)(H,20,22,27). The third kappa shape index (κ3) is 4.36. The van der Waals surface area contributed by atoms with Crippen molar-refractivity contribution >= 4 is 11.7 Å². The fraction of sp³-hybridized carbons (Fsp3) is 0.421. The molecule has 9 heteroatoms. The molecule has 0 unspecified atom stereocenters. The smallest absolute Gasteiger partial charge is 0.252 e. The van der Waals surface area contributed by atoms with Gasteiger partial charge in [0.25, 0.3) is 5.56 Å². The molecule has 9 nitrogen and oxygen atoms in total. The zero-order chi connectivity index (χ0) is 20.3. The SMILES string of the molecule is CCCc1cc(=O)[nH]c(-n2nc(C)cc2NC(=O)CCc2c(C)noc2C)n1. The van der Waals surface area contributed by atoms with Gasteiger partial charge in [-0.15, -0.1) is 0 Å². The van der Waals surface area contributed by atoms with E-state index in [-0.39, 0.29) is 23.8 Å². The van der Waals surface area contributed by atoms with E-state index in [1.54, 1.807) is 6.07 Å². The van der Waals surface area contributed by atoms with Gasteiger partial charge in [-0.05, 0) is 33.6 Å². The Morgan fingerprint density at radius 3 is 2.71 bits per heavy atom. The average Bonchev–Trinajstić information content (AvgIpc) is 3.15. The molecule has 3 heterocycles. The quantitative estimate of drug-likeness (QED) is 0.646. The molecule has 0 aliphatic rings. The average molecular weight is 384 g/mol. The summed E-state index contributed by atoms with van der Waals surface area (Å²) >= 11 is 0. The van der Waals surface area contributed by atoms with Crippen LogP contribution in [0.25, 0.3) is 5.95 Å². The number of hydrogen-bond acceptors (Lipinski definition) is 6. The number of aryl methyl sites for hydroxylation is 4. The number of H-pyrrole nitrogens is 1. The van der Waals surface area contributed by atoms with E-state index in [4.69, 9.17) is 4.52 Å². The van der Waals surface area contributed by atoms with Gasteiger partial charge < -0.3 is 9.84 Å². The van der Waals surface area contributed by atoms with E-state index in [1.807, 2.05) is 27.7 Å². The Kier molecular flexibility index (Phi) is 5.72. The van der Waals surface area contributed by atoms with Gasteiger partial charge >= 0.3 is 0 Å². The molecule has 0 fully saturated rings. The Hall–Kier alpha value is -3.23. The summed E-state index contributed by atoms with van der Waals surface area (Å²) in [6, 6.07) is 3.21. The molecule has 0 radical (unpaired) electrons. The fourth-order valence-electron chi connectivity index (χ4n) is 3.03. The molecule has 3 aromatic rings. The molecule has 3 rings (SSSR count). The highest BCUT2D eigenvalue weighted by Gasteiger charge is 2.15. The van der Waals surface area contributed by atoms with E-state index in [0.717, 1.165) is 23.4 Å². The maximum atomic E-state index is 12.5. The third-order valence-electron chi connectivity index (χ3n) is 4.37. The summed E-state index contributed by atoms with van der Waals surface area (Å²) in [6.45, 7) is 7.51. The fourth-order valence-corrected chi connectivity index (χ4v) is 3.03. The minimum atomic E-state index is -0.253. The van der Waals surface area contributed by atoms with Crippen molar-refractivity contribution in [2.24, 2.45) is 0 Å². The van der Waals surface area contributed by atoms with E-state index in [2.05, 4.69) is 25.5 Å². The molecule has 0 aliphatic carbocycles. The number of nitrogens with one attached hydrogen (secondary N) is 2. The van der Waals surface area contributed by atoms with Crippen molar-refractivity contribution in [1.29, 1.82) is 0 Å². The number of aromatic amines is 1. The second-order valence-corrected chi connectivity index (χ2v) is 6.74. The molecule has 0 saturated heterocycles. The lowest BCUT2D eigenvalue weighted by molar-refractivity contribution is -0.116. The normalized spacial score (nSPS) is 11.0. The lowest BCUT2D eigenvalue weighted by Gasteiger charge is -2.09. The molecule has 0 aliphatic heterocycles. The summed E-state index contributed by atoms with van der Waals surface area (Å²) in [5.41, 5.74) is 2.87. The maximum Gasteiger partial charge on any atom is 0.252 e. The van der Waals surface area contributed by atoms with Crippen LogP contribution < -0.4 is 10.9 Å². The molecule has 148 valence electrons. The van der Waals surface area contributed by atoms with Crippen LogP contribution in [0.15, 0.2) is 21.5 Å². The molecule has 0 saturated carbocycles. The number of rotatable bonds is 7. The van der Waals surface area contributed by atoms with Crippen LogP contribution in [0.3, 0.4) is 0 Å². The summed E-state index contributed by atoms with van der Waals surface area (Å²) < 4.78 is 6.58. The van der Waals surface area contributed by atoms with Crippen LogP contribution in [-0.4, -0.2) is 30.8 Å². The van der Waals surface area contributed by atoms with Crippen LogP contribution >= 0.6 is 0 Å². The Labute approximate surface area is 162 Å².